The van der Waals surface area contributed by atoms with Gasteiger partial charge in [0.05, 0.1) is 6.61 Å². The summed E-state index contributed by atoms with van der Waals surface area (Å²) in [4.78, 5) is 27.9. The average Bonchev–Trinajstić information content (AvgIpc) is 2.84. The first-order valence-corrected chi connectivity index (χ1v) is 11.0. The van der Waals surface area contributed by atoms with Gasteiger partial charge in [-0.2, -0.15) is 5.26 Å². The van der Waals surface area contributed by atoms with Gasteiger partial charge in [-0.3, -0.25) is 9.59 Å². The first-order valence-electron chi connectivity index (χ1n) is 11.0. The van der Waals surface area contributed by atoms with Gasteiger partial charge in [-0.05, 0) is 79.4 Å². The lowest BCUT2D eigenvalue weighted by molar-refractivity contribution is -0.117. The third-order valence-corrected chi connectivity index (χ3v) is 5.37. The van der Waals surface area contributed by atoms with Gasteiger partial charge in [-0.25, -0.2) is 4.98 Å². The summed E-state index contributed by atoms with van der Waals surface area (Å²) in [5.74, 6) is 1.43. The van der Waals surface area contributed by atoms with Crippen molar-refractivity contribution in [3.8, 4) is 23.4 Å². The number of nitrogens with one attached hydrogen (secondary N) is 2. The van der Waals surface area contributed by atoms with Gasteiger partial charge in [0.25, 0.3) is 0 Å². The molecule has 0 saturated heterocycles. The van der Waals surface area contributed by atoms with E-state index in [1.165, 1.54) is 0 Å². The van der Waals surface area contributed by atoms with E-state index in [0.29, 0.717) is 49.3 Å². The van der Waals surface area contributed by atoms with E-state index in [2.05, 4.69) is 15.6 Å². The molecule has 2 N–H and O–H groups in total. The van der Waals surface area contributed by atoms with E-state index in [0.717, 1.165) is 22.6 Å². The molecule has 0 fully saturated rings. The fourth-order valence-electron chi connectivity index (χ4n) is 3.59. The fourth-order valence-corrected chi connectivity index (χ4v) is 3.59. The van der Waals surface area contributed by atoms with Crippen LogP contribution in [0, 0.1) is 18.3 Å². The Morgan fingerprint density at radius 3 is 2.85 bits per heavy atom. The molecule has 0 aliphatic carbocycles. The number of rotatable bonds is 8. The van der Waals surface area contributed by atoms with Crippen LogP contribution in [-0.2, 0) is 16.0 Å². The molecule has 2 aromatic carbocycles. The molecule has 3 aromatic rings. The van der Waals surface area contributed by atoms with Gasteiger partial charge in [0, 0.05) is 30.4 Å². The van der Waals surface area contributed by atoms with E-state index in [-0.39, 0.29) is 17.7 Å². The highest BCUT2D eigenvalue weighted by Gasteiger charge is 2.15. The molecule has 0 saturated carbocycles. The van der Waals surface area contributed by atoms with Crippen LogP contribution in [-0.4, -0.2) is 23.4 Å². The number of aryl methyl sites for hydroxylation is 2. The van der Waals surface area contributed by atoms with Crippen molar-refractivity contribution in [3.05, 3.63) is 71.4 Å². The summed E-state index contributed by atoms with van der Waals surface area (Å²) in [6, 6.07) is 16.2. The highest BCUT2D eigenvalue weighted by atomic mass is 16.5. The first kappa shape index (κ1) is 22.8. The zero-order valence-electron chi connectivity index (χ0n) is 18.8. The second-order valence-electron chi connectivity index (χ2n) is 7.91. The lowest BCUT2D eigenvalue weighted by Crippen LogP contribution is -2.18. The van der Waals surface area contributed by atoms with E-state index in [9.17, 15) is 9.59 Å². The molecule has 1 aromatic heterocycles. The monoisotopic (exact) mass is 456 g/mol. The molecule has 172 valence electrons. The Bertz CT molecular complexity index is 1270. The largest absolute Gasteiger partial charge is 0.494 e. The number of fused-ring (bicyclic) bond motifs is 1. The lowest BCUT2D eigenvalue weighted by atomic mass is 10.0. The average molecular weight is 457 g/mol. The van der Waals surface area contributed by atoms with Crippen LogP contribution in [0.15, 0.2) is 54.7 Å². The van der Waals surface area contributed by atoms with Gasteiger partial charge in [0.2, 0.25) is 17.7 Å². The summed E-state index contributed by atoms with van der Waals surface area (Å²) in [5, 5.41) is 14.9. The molecule has 34 heavy (non-hydrogen) atoms. The SMILES string of the molecule is Cc1cc(Oc2ncccc2C#N)ccc1NC(=O)CCCOc1ccc2c(c1)CCC(=O)N2. The predicted molar refractivity (Wildman–Crippen MR) is 127 cm³/mol. The minimum absolute atomic E-state index is 0.0333. The Kier molecular flexibility index (Phi) is 7.04. The van der Waals surface area contributed by atoms with Gasteiger partial charge < -0.3 is 20.1 Å². The maximum Gasteiger partial charge on any atom is 0.237 e. The number of hydrogen-bond acceptors (Lipinski definition) is 6. The summed E-state index contributed by atoms with van der Waals surface area (Å²) in [6.07, 6.45) is 3.62. The molecule has 0 atom stereocenters. The molecule has 0 bridgehead atoms. The molecule has 2 heterocycles. The van der Waals surface area contributed by atoms with Crippen LogP contribution in [0.5, 0.6) is 17.4 Å². The number of aromatic nitrogens is 1. The fraction of sp³-hybridized carbons (Fsp3) is 0.231. The van der Waals surface area contributed by atoms with Crippen molar-refractivity contribution in [2.45, 2.75) is 32.6 Å². The molecule has 8 heteroatoms. The molecule has 0 spiro atoms. The number of benzene rings is 2. The summed E-state index contributed by atoms with van der Waals surface area (Å²) in [6.45, 7) is 2.28. The molecular formula is C26H24N4O4. The maximum absolute atomic E-state index is 12.4. The molecule has 1 aliphatic rings. The summed E-state index contributed by atoms with van der Waals surface area (Å²) >= 11 is 0. The van der Waals surface area contributed by atoms with Crippen LogP contribution in [0.4, 0.5) is 11.4 Å². The van der Waals surface area contributed by atoms with E-state index in [4.69, 9.17) is 14.7 Å². The minimum Gasteiger partial charge on any atom is -0.494 e. The van der Waals surface area contributed by atoms with Gasteiger partial charge >= 0.3 is 0 Å². The van der Waals surface area contributed by atoms with Crippen LogP contribution in [0.1, 0.15) is 36.0 Å². The lowest BCUT2D eigenvalue weighted by Gasteiger charge is -2.17. The summed E-state index contributed by atoms with van der Waals surface area (Å²) in [5.41, 5.74) is 3.76. The van der Waals surface area contributed by atoms with E-state index in [1.807, 2.05) is 31.2 Å². The van der Waals surface area contributed by atoms with Crippen molar-refractivity contribution >= 4 is 23.2 Å². The topological polar surface area (TPSA) is 113 Å². The molecule has 8 nitrogen and oxygen atoms in total. The Balaban J connectivity index is 1.25. The van der Waals surface area contributed by atoms with Gasteiger partial charge in [-0.1, -0.05) is 0 Å². The van der Waals surface area contributed by atoms with Crippen LogP contribution in [0.25, 0.3) is 0 Å². The summed E-state index contributed by atoms with van der Waals surface area (Å²) in [7, 11) is 0. The Morgan fingerprint density at radius 2 is 2.03 bits per heavy atom. The highest BCUT2D eigenvalue weighted by molar-refractivity contribution is 5.94. The van der Waals surface area contributed by atoms with Crippen molar-refractivity contribution in [2.24, 2.45) is 0 Å². The van der Waals surface area contributed by atoms with E-state index < -0.39 is 0 Å². The van der Waals surface area contributed by atoms with Crippen LogP contribution in [0.2, 0.25) is 0 Å². The van der Waals surface area contributed by atoms with Crippen molar-refractivity contribution in [1.82, 2.24) is 4.98 Å². The highest BCUT2D eigenvalue weighted by Crippen LogP contribution is 2.28. The molecule has 2 amide bonds. The molecule has 0 radical (unpaired) electrons. The standard InChI is InChI=1S/C26H24N4O4/c1-17-14-21(34-26-19(16-27)4-2-12-28-26)8-9-22(17)29-24(31)5-3-13-33-20-7-10-23-18(15-20)6-11-25(32)30-23/h2,4,7-10,12,14-15H,3,5-6,11,13H2,1H3,(H,29,31)(H,30,32). The first-order chi connectivity index (χ1) is 16.5. The molecule has 0 unspecified atom stereocenters. The number of nitriles is 1. The van der Waals surface area contributed by atoms with Gasteiger partial charge in [0.15, 0.2) is 0 Å². The third kappa shape index (κ3) is 5.70. The number of ether oxygens (including phenoxy) is 2. The second kappa shape index (κ2) is 10.5. The number of nitrogens with zero attached hydrogens (tertiary/aromatic N) is 2. The quantitative estimate of drug-likeness (QED) is 0.474. The number of carbonyl (C=O) groups is 2. The van der Waals surface area contributed by atoms with Crippen LogP contribution >= 0.6 is 0 Å². The molecular weight excluding hydrogens is 432 g/mol. The van der Waals surface area contributed by atoms with Gasteiger partial charge in [-0.15, -0.1) is 0 Å². The Hall–Kier alpha value is -4.38. The van der Waals surface area contributed by atoms with Crippen molar-refractivity contribution in [1.29, 1.82) is 5.26 Å². The Morgan fingerprint density at radius 1 is 1.18 bits per heavy atom. The second-order valence-corrected chi connectivity index (χ2v) is 7.91. The zero-order valence-corrected chi connectivity index (χ0v) is 18.8. The van der Waals surface area contributed by atoms with E-state index in [1.54, 1.807) is 36.5 Å². The molecule has 4 rings (SSSR count). The minimum atomic E-state index is -0.106. The predicted octanol–water partition coefficient (Wildman–Crippen LogP) is 4.74. The van der Waals surface area contributed by atoms with Crippen molar-refractivity contribution in [2.75, 3.05) is 17.2 Å². The smallest absolute Gasteiger partial charge is 0.237 e. The zero-order chi connectivity index (χ0) is 23.9. The molecule has 1 aliphatic heterocycles. The normalized spacial score (nSPS) is 12.2. The van der Waals surface area contributed by atoms with Crippen molar-refractivity contribution < 1.29 is 19.1 Å². The van der Waals surface area contributed by atoms with Gasteiger partial charge in [0.1, 0.15) is 23.1 Å². The number of hydrogen-bond donors (Lipinski definition) is 2. The van der Waals surface area contributed by atoms with E-state index >= 15 is 0 Å². The van der Waals surface area contributed by atoms with Crippen LogP contribution < -0.4 is 20.1 Å². The number of pyridine rings is 1. The number of carbonyl (C=O) groups excluding carboxylic acids is 2. The number of amides is 2. The third-order valence-electron chi connectivity index (χ3n) is 5.37. The number of anilines is 2. The van der Waals surface area contributed by atoms with Crippen LogP contribution in [0.3, 0.4) is 0 Å². The summed E-state index contributed by atoms with van der Waals surface area (Å²) < 4.78 is 11.5. The van der Waals surface area contributed by atoms with Crippen molar-refractivity contribution in [3.63, 3.8) is 0 Å². The Labute approximate surface area is 197 Å². The maximum atomic E-state index is 12.4.